The summed E-state index contributed by atoms with van der Waals surface area (Å²) in [6.45, 7) is -1.25. The van der Waals surface area contributed by atoms with Crippen LogP contribution >= 0.6 is 0 Å². The average molecular weight is 58.0 g/mol. The Bertz CT molecular complexity index is 8.00. The maximum absolute atomic E-state index is 9.85. The molecule has 0 radical (unpaired) electrons. The van der Waals surface area contributed by atoms with Crippen LogP contribution in [0.15, 0.2) is 0 Å². The number of rotatable bonds is 0. The van der Waals surface area contributed by atoms with Crippen molar-refractivity contribution in [1.29, 1.82) is 0 Å². The minimum atomic E-state index is -1.25. The second-order valence-corrected chi connectivity index (χ2v) is 0.120. The first-order valence-corrected chi connectivity index (χ1v) is 0.583. The van der Waals surface area contributed by atoms with Gasteiger partial charge in [0.1, 0.15) is 0 Å². The molecular formula is CH4FLiO. The van der Waals surface area contributed by atoms with Gasteiger partial charge in [0.2, 0.25) is 0 Å². The van der Waals surface area contributed by atoms with Crippen molar-refractivity contribution in [3.05, 3.63) is 0 Å². The second-order valence-electron chi connectivity index (χ2n) is 0.120. The van der Waals surface area contributed by atoms with Crippen molar-refractivity contribution in [3.63, 3.8) is 0 Å². The SMILES string of the molecule is OCF.[LiH]. The van der Waals surface area contributed by atoms with E-state index in [9.17, 15) is 4.39 Å². The van der Waals surface area contributed by atoms with Crippen LogP contribution in [0.25, 0.3) is 0 Å². The number of halogens is 1. The van der Waals surface area contributed by atoms with E-state index in [2.05, 4.69) is 0 Å². The van der Waals surface area contributed by atoms with Gasteiger partial charge in [0.25, 0.3) is 0 Å². The van der Waals surface area contributed by atoms with Gasteiger partial charge >= 0.3 is 18.9 Å². The van der Waals surface area contributed by atoms with Gasteiger partial charge in [-0.3, -0.25) is 0 Å². The topological polar surface area (TPSA) is 20.2 Å². The molecule has 0 unspecified atom stereocenters. The van der Waals surface area contributed by atoms with Crippen molar-refractivity contribution in [2.75, 3.05) is 6.86 Å². The maximum atomic E-state index is 9.85. The quantitative estimate of drug-likeness (QED) is 0.363. The number of aliphatic hydroxyl groups excluding tert-OH is 1. The fourth-order valence-electron chi connectivity index (χ4n) is 0. The van der Waals surface area contributed by atoms with Gasteiger partial charge in [-0.05, 0) is 0 Å². The molecule has 0 aliphatic carbocycles. The van der Waals surface area contributed by atoms with Crippen molar-refractivity contribution in [2.24, 2.45) is 0 Å². The Hall–Kier alpha value is 0.487. The number of alkyl halides is 1. The minimum absolute atomic E-state index is 0. The average Bonchev–Trinajstić information content (AvgIpc) is 0.918. The zero-order valence-corrected chi connectivity index (χ0v) is 1.53. The predicted molar refractivity (Wildman–Crippen MR) is 15.3 cm³/mol. The van der Waals surface area contributed by atoms with Crippen LogP contribution < -0.4 is 0 Å². The molecule has 0 fully saturated rings. The van der Waals surface area contributed by atoms with E-state index >= 15 is 0 Å². The normalized spacial score (nSPS) is 4.50. The van der Waals surface area contributed by atoms with Gasteiger partial charge in [0.05, 0.1) is 0 Å². The Labute approximate surface area is 36.0 Å². The molecule has 0 saturated heterocycles. The van der Waals surface area contributed by atoms with Crippen LogP contribution in [0, 0.1) is 0 Å². The number of hydrogen-bond acceptors (Lipinski definition) is 1. The summed E-state index contributed by atoms with van der Waals surface area (Å²) >= 11 is 0. The number of aliphatic hydroxyl groups is 1. The van der Waals surface area contributed by atoms with Crippen molar-refractivity contribution in [3.8, 4) is 0 Å². The summed E-state index contributed by atoms with van der Waals surface area (Å²) in [6.07, 6.45) is 0. The van der Waals surface area contributed by atoms with Gasteiger partial charge in [-0.25, -0.2) is 4.39 Å². The van der Waals surface area contributed by atoms with Crippen LogP contribution in [0.3, 0.4) is 0 Å². The van der Waals surface area contributed by atoms with Crippen LogP contribution in [-0.4, -0.2) is 30.8 Å². The van der Waals surface area contributed by atoms with E-state index < -0.39 is 6.86 Å². The summed E-state index contributed by atoms with van der Waals surface area (Å²) < 4.78 is 9.85. The molecule has 0 aromatic heterocycles. The Kier molecular flexibility index (Phi) is 21.5. The van der Waals surface area contributed by atoms with Crippen molar-refractivity contribution in [2.45, 2.75) is 0 Å². The first-order chi connectivity index (χ1) is 1.41. The van der Waals surface area contributed by atoms with Gasteiger partial charge in [0, 0.05) is 0 Å². The Morgan fingerprint density at radius 3 is 1.75 bits per heavy atom. The van der Waals surface area contributed by atoms with E-state index in [-0.39, 0.29) is 18.9 Å². The molecule has 0 aliphatic rings. The van der Waals surface area contributed by atoms with Crippen molar-refractivity contribution < 1.29 is 9.50 Å². The summed E-state index contributed by atoms with van der Waals surface area (Å²) in [4.78, 5) is 0. The van der Waals surface area contributed by atoms with Gasteiger partial charge in [-0.1, -0.05) is 0 Å². The van der Waals surface area contributed by atoms with Crippen LogP contribution in [0.4, 0.5) is 4.39 Å². The zero-order valence-electron chi connectivity index (χ0n) is 1.53. The third-order valence-corrected chi connectivity index (χ3v) is 0. The third-order valence-electron chi connectivity index (χ3n) is 0. The summed E-state index contributed by atoms with van der Waals surface area (Å²) in [5.41, 5.74) is 0. The van der Waals surface area contributed by atoms with E-state index in [0.717, 1.165) is 0 Å². The predicted octanol–water partition coefficient (Wildman–Crippen LogP) is -0.743. The summed E-state index contributed by atoms with van der Waals surface area (Å²) in [5, 5.41) is 6.90. The molecule has 0 amide bonds. The molecule has 0 aliphatic heterocycles. The molecule has 0 saturated carbocycles. The van der Waals surface area contributed by atoms with E-state index in [0.29, 0.717) is 0 Å². The summed E-state index contributed by atoms with van der Waals surface area (Å²) in [6, 6.07) is 0. The number of hydrogen-bond donors (Lipinski definition) is 1. The van der Waals surface area contributed by atoms with Crippen LogP contribution in [0.5, 0.6) is 0 Å². The Morgan fingerprint density at radius 2 is 1.75 bits per heavy atom. The third kappa shape index (κ3) is 23.2. The van der Waals surface area contributed by atoms with Gasteiger partial charge in [-0.2, -0.15) is 0 Å². The molecule has 0 heterocycles. The zero-order chi connectivity index (χ0) is 2.71. The first kappa shape index (κ1) is 8.82. The molecule has 22 valence electrons. The van der Waals surface area contributed by atoms with Crippen molar-refractivity contribution in [1.82, 2.24) is 0 Å². The van der Waals surface area contributed by atoms with Crippen LogP contribution in [0.2, 0.25) is 0 Å². The molecule has 3 heteroatoms. The molecule has 4 heavy (non-hydrogen) atoms. The van der Waals surface area contributed by atoms with Gasteiger partial charge in [-0.15, -0.1) is 0 Å². The summed E-state index contributed by atoms with van der Waals surface area (Å²) in [7, 11) is 0. The molecular weight excluding hydrogens is 53.9 g/mol. The Balaban J connectivity index is 0. The first-order valence-electron chi connectivity index (χ1n) is 0.583. The molecule has 0 aromatic rings. The standard InChI is InChI=1S/CH3FO.Li.H/c2-1-3;;/h3H,1H2;;. The van der Waals surface area contributed by atoms with Crippen molar-refractivity contribution >= 4 is 18.9 Å². The monoisotopic (exact) mass is 58.0 g/mol. The molecule has 1 N–H and O–H groups in total. The van der Waals surface area contributed by atoms with E-state index in [1.165, 1.54) is 0 Å². The van der Waals surface area contributed by atoms with Gasteiger partial charge in [0.15, 0.2) is 6.86 Å². The van der Waals surface area contributed by atoms with Crippen LogP contribution in [-0.2, 0) is 0 Å². The fourth-order valence-corrected chi connectivity index (χ4v) is 0. The van der Waals surface area contributed by atoms with Gasteiger partial charge < -0.3 is 5.11 Å². The second kappa shape index (κ2) is 9.75. The van der Waals surface area contributed by atoms with Crippen LogP contribution in [0.1, 0.15) is 0 Å². The molecule has 0 atom stereocenters. The molecule has 0 aromatic carbocycles. The molecule has 0 rings (SSSR count). The fraction of sp³-hybridized carbons (Fsp3) is 1.00. The molecule has 0 bridgehead atoms. The van der Waals surface area contributed by atoms with E-state index in [1.807, 2.05) is 0 Å². The molecule has 1 nitrogen and oxygen atoms in total. The van der Waals surface area contributed by atoms with E-state index in [1.54, 1.807) is 0 Å². The van der Waals surface area contributed by atoms with E-state index in [4.69, 9.17) is 5.11 Å². The summed E-state index contributed by atoms with van der Waals surface area (Å²) in [5.74, 6) is 0. The Morgan fingerprint density at radius 1 is 1.75 bits per heavy atom. The molecule has 0 spiro atoms.